The quantitative estimate of drug-likeness (QED) is 0.521. The predicted octanol–water partition coefficient (Wildman–Crippen LogP) is -1.06. The molecular weight excluding hydrogens is 136 g/mol. The number of rotatable bonds is 2. The number of cyclic esters (lactones) is 1. The number of β-amino-alcohol motifs (C(OH)–C–C–N with tert-alkyl or cyclic N) is 1. The van der Waals surface area contributed by atoms with E-state index in [4.69, 9.17) is 5.11 Å². The molecule has 1 aliphatic heterocycles. The molecule has 0 aromatic heterocycles. The molecule has 58 valence electrons. The molecule has 0 bridgehead atoms. The van der Waals surface area contributed by atoms with Crippen molar-refractivity contribution in [1.82, 2.24) is 10.4 Å². The number of aliphatic hydroxyl groups is 1. The summed E-state index contributed by atoms with van der Waals surface area (Å²) in [4.78, 5) is 10.7. The minimum absolute atomic E-state index is 0.0535. The van der Waals surface area contributed by atoms with E-state index in [1.54, 1.807) is 0 Å². The smallest absolute Gasteiger partial charge is 0.424 e. The van der Waals surface area contributed by atoms with Crippen LogP contribution >= 0.6 is 0 Å². The van der Waals surface area contributed by atoms with Crippen LogP contribution in [0.25, 0.3) is 0 Å². The molecule has 5 heteroatoms. The molecule has 1 amide bonds. The van der Waals surface area contributed by atoms with Gasteiger partial charge in [0.05, 0.1) is 13.2 Å². The summed E-state index contributed by atoms with van der Waals surface area (Å²) in [5.41, 5.74) is 2.77. The van der Waals surface area contributed by atoms with E-state index in [1.165, 1.54) is 5.01 Å². The third kappa shape index (κ3) is 1.58. The van der Waals surface area contributed by atoms with Crippen LogP contribution in [0, 0.1) is 0 Å². The number of nitrogens with one attached hydrogen (secondary N) is 1. The van der Waals surface area contributed by atoms with Gasteiger partial charge in [-0.25, -0.2) is 15.2 Å². The van der Waals surface area contributed by atoms with Crippen LogP contribution in [0.1, 0.15) is 0 Å². The fourth-order valence-corrected chi connectivity index (χ4v) is 0.732. The number of hydrogen-bond donors (Lipinski definition) is 2. The number of nitrogens with zero attached hydrogens (tertiary/aromatic N) is 1. The second kappa shape index (κ2) is 3.38. The molecule has 1 heterocycles. The molecule has 1 saturated heterocycles. The summed E-state index contributed by atoms with van der Waals surface area (Å²) in [7, 11) is 0. The lowest BCUT2D eigenvalue weighted by Gasteiger charge is -2.26. The fourth-order valence-electron chi connectivity index (χ4n) is 0.732. The largest absolute Gasteiger partial charge is 0.447 e. The molecule has 1 aliphatic rings. The van der Waals surface area contributed by atoms with E-state index >= 15 is 0 Å². The Morgan fingerprint density at radius 1 is 1.80 bits per heavy atom. The van der Waals surface area contributed by atoms with E-state index < -0.39 is 6.09 Å². The van der Waals surface area contributed by atoms with Gasteiger partial charge in [0.1, 0.15) is 6.61 Å². The number of carbonyl (C=O) groups is 1. The second-order valence-electron chi connectivity index (χ2n) is 1.90. The van der Waals surface area contributed by atoms with Crippen molar-refractivity contribution in [2.24, 2.45) is 0 Å². The van der Waals surface area contributed by atoms with Gasteiger partial charge < -0.3 is 9.84 Å². The zero-order chi connectivity index (χ0) is 7.40. The van der Waals surface area contributed by atoms with Crippen molar-refractivity contribution >= 4 is 6.09 Å². The highest BCUT2D eigenvalue weighted by molar-refractivity contribution is 5.67. The second-order valence-corrected chi connectivity index (χ2v) is 1.90. The average Bonchev–Trinajstić information content (AvgIpc) is 1.94. The van der Waals surface area contributed by atoms with Crippen molar-refractivity contribution in [3.8, 4) is 0 Å². The number of hydrazine groups is 1. The summed E-state index contributed by atoms with van der Waals surface area (Å²) in [5, 5.41) is 9.70. The van der Waals surface area contributed by atoms with Crippen molar-refractivity contribution in [1.29, 1.82) is 0 Å². The zero-order valence-electron chi connectivity index (χ0n) is 5.54. The van der Waals surface area contributed by atoms with Gasteiger partial charge in [-0.15, -0.1) is 0 Å². The van der Waals surface area contributed by atoms with E-state index in [9.17, 15) is 4.79 Å². The van der Waals surface area contributed by atoms with Gasteiger partial charge in [0, 0.05) is 6.54 Å². The van der Waals surface area contributed by atoms with Crippen molar-refractivity contribution < 1.29 is 14.6 Å². The first-order valence-corrected chi connectivity index (χ1v) is 3.13. The third-order valence-corrected chi connectivity index (χ3v) is 1.17. The number of carbonyl (C=O) groups excluding carboxylic acids is 1. The highest BCUT2D eigenvalue weighted by Gasteiger charge is 2.17. The van der Waals surface area contributed by atoms with E-state index in [0.29, 0.717) is 13.2 Å². The van der Waals surface area contributed by atoms with Crippen LogP contribution in [-0.2, 0) is 4.74 Å². The summed E-state index contributed by atoms with van der Waals surface area (Å²) in [6.07, 6.45) is -0.416. The lowest BCUT2D eigenvalue weighted by Crippen LogP contribution is -2.50. The molecule has 5 nitrogen and oxygen atoms in total. The van der Waals surface area contributed by atoms with Gasteiger partial charge in [-0.2, -0.15) is 0 Å². The molecule has 0 saturated carbocycles. The predicted molar refractivity (Wildman–Crippen MR) is 33.1 cm³/mol. The normalized spacial score (nSPS) is 18.9. The Bertz CT molecular complexity index is 126. The van der Waals surface area contributed by atoms with Crippen LogP contribution < -0.4 is 5.43 Å². The van der Waals surface area contributed by atoms with Gasteiger partial charge in [-0.3, -0.25) is 0 Å². The molecule has 0 unspecified atom stereocenters. The first kappa shape index (κ1) is 7.30. The third-order valence-electron chi connectivity index (χ3n) is 1.17. The molecule has 2 N–H and O–H groups in total. The topological polar surface area (TPSA) is 61.8 Å². The fraction of sp³-hybridized carbons (Fsp3) is 0.800. The van der Waals surface area contributed by atoms with E-state index in [1.807, 2.05) is 0 Å². The van der Waals surface area contributed by atoms with Crippen molar-refractivity contribution in [2.45, 2.75) is 0 Å². The summed E-state index contributed by atoms with van der Waals surface area (Å²) < 4.78 is 4.66. The number of ether oxygens (including phenoxy) is 1. The van der Waals surface area contributed by atoms with Crippen LogP contribution in [0.3, 0.4) is 0 Å². The highest BCUT2D eigenvalue weighted by atomic mass is 16.6. The van der Waals surface area contributed by atoms with Crippen molar-refractivity contribution in [3.05, 3.63) is 0 Å². The monoisotopic (exact) mass is 146 g/mol. The van der Waals surface area contributed by atoms with Crippen LogP contribution in [0.5, 0.6) is 0 Å². The molecule has 1 rings (SSSR count). The Kier molecular flexibility index (Phi) is 2.47. The van der Waals surface area contributed by atoms with Crippen LogP contribution in [0.4, 0.5) is 4.79 Å². The molecular formula is C5H10N2O3. The van der Waals surface area contributed by atoms with Crippen LogP contribution in [-0.4, -0.2) is 42.5 Å². The lowest BCUT2D eigenvalue weighted by atomic mass is 10.6. The van der Waals surface area contributed by atoms with Gasteiger partial charge in [0.25, 0.3) is 0 Å². The average molecular weight is 146 g/mol. The van der Waals surface area contributed by atoms with Gasteiger partial charge in [-0.1, -0.05) is 0 Å². The minimum atomic E-state index is -0.416. The van der Waals surface area contributed by atoms with Crippen molar-refractivity contribution in [3.63, 3.8) is 0 Å². The first-order valence-electron chi connectivity index (χ1n) is 3.13. The van der Waals surface area contributed by atoms with Gasteiger partial charge in [0.15, 0.2) is 0 Å². The molecule has 0 aliphatic carbocycles. The Morgan fingerprint density at radius 3 is 3.20 bits per heavy atom. The molecule has 10 heavy (non-hydrogen) atoms. The molecule has 0 aromatic carbocycles. The van der Waals surface area contributed by atoms with Crippen LogP contribution in [0.2, 0.25) is 0 Å². The maximum absolute atomic E-state index is 10.7. The molecule has 0 spiro atoms. The van der Waals surface area contributed by atoms with E-state index in [-0.39, 0.29) is 13.2 Å². The SMILES string of the molecule is O=C1OCCNN1CCO. The van der Waals surface area contributed by atoms with E-state index in [0.717, 1.165) is 0 Å². The summed E-state index contributed by atoms with van der Waals surface area (Å²) >= 11 is 0. The van der Waals surface area contributed by atoms with E-state index in [2.05, 4.69) is 10.2 Å². The summed E-state index contributed by atoms with van der Waals surface area (Å²) in [5.74, 6) is 0. The summed E-state index contributed by atoms with van der Waals surface area (Å²) in [6, 6.07) is 0. The highest BCUT2D eigenvalue weighted by Crippen LogP contribution is 1.93. The Labute approximate surface area is 58.5 Å². The number of amides is 1. The van der Waals surface area contributed by atoms with Gasteiger partial charge in [0.2, 0.25) is 0 Å². The standard InChI is InChI=1S/C5H10N2O3/c8-3-2-7-5(9)10-4-1-6-7/h6,8H,1-4H2. The number of aliphatic hydroxyl groups excluding tert-OH is 1. The minimum Gasteiger partial charge on any atom is -0.447 e. The first-order chi connectivity index (χ1) is 4.84. The Balaban J connectivity index is 2.32. The van der Waals surface area contributed by atoms with Gasteiger partial charge in [-0.05, 0) is 0 Å². The van der Waals surface area contributed by atoms with Crippen molar-refractivity contribution in [2.75, 3.05) is 26.3 Å². The van der Waals surface area contributed by atoms with Crippen LogP contribution in [0.15, 0.2) is 0 Å². The Hall–Kier alpha value is -0.810. The maximum Gasteiger partial charge on any atom is 0.424 e. The lowest BCUT2D eigenvalue weighted by molar-refractivity contribution is 0.0403. The molecule has 0 radical (unpaired) electrons. The van der Waals surface area contributed by atoms with Gasteiger partial charge >= 0.3 is 6.09 Å². The number of hydrogen-bond acceptors (Lipinski definition) is 4. The molecule has 0 aromatic rings. The Morgan fingerprint density at radius 2 is 2.60 bits per heavy atom. The maximum atomic E-state index is 10.7. The molecule has 1 fully saturated rings. The molecule has 0 atom stereocenters. The summed E-state index contributed by atoms with van der Waals surface area (Å²) in [6.45, 7) is 1.24. The zero-order valence-corrected chi connectivity index (χ0v) is 5.54.